The van der Waals surface area contributed by atoms with Gasteiger partial charge in [-0.2, -0.15) is 0 Å². The lowest BCUT2D eigenvalue weighted by atomic mass is 9.93. The molecule has 0 saturated heterocycles. The van der Waals surface area contributed by atoms with Gasteiger partial charge in [0.2, 0.25) is 0 Å². The molecule has 3 nitrogen and oxygen atoms in total. The standard InChI is InChI=1S/C51H33N3S/c1-3-14-34(15-4-1)39-20-13-21-40(32-39)50-52-49(38-18-5-2-6-19-38)53-51(54-50)41-29-28-37-27-26-35-16-7-9-22-42(35)44-24-11-12-25-47(44)55-48-43-23-10-8-17-36(43)30-31-45(48)46(37)33-41/h1-33H/b27-26-. The number of fused-ring (bicyclic) bond motifs is 8. The Morgan fingerprint density at radius 1 is 0.327 bits per heavy atom. The highest BCUT2D eigenvalue weighted by Gasteiger charge is 2.20. The summed E-state index contributed by atoms with van der Waals surface area (Å²) < 4.78 is 0. The van der Waals surface area contributed by atoms with Crippen LogP contribution in [0, 0.1) is 0 Å². The zero-order valence-electron chi connectivity index (χ0n) is 29.8. The zero-order valence-corrected chi connectivity index (χ0v) is 30.6. The molecular weight excluding hydrogens is 687 g/mol. The second kappa shape index (κ2) is 14.2. The smallest absolute Gasteiger partial charge is 0.164 e. The van der Waals surface area contributed by atoms with E-state index in [1.807, 2.05) is 36.0 Å². The summed E-state index contributed by atoms with van der Waals surface area (Å²) in [6.45, 7) is 0. The fourth-order valence-electron chi connectivity index (χ4n) is 7.41. The van der Waals surface area contributed by atoms with E-state index >= 15 is 0 Å². The molecule has 0 bridgehead atoms. The largest absolute Gasteiger partial charge is 0.208 e. The summed E-state index contributed by atoms with van der Waals surface area (Å²) in [5.41, 5.74) is 12.1. The van der Waals surface area contributed by atoms with Crippen molar-refractivity contribution in [1.29, 1.82) is 0 Å². The van der Waals surface area contributed by atoms with Gasteiger partial charge in [-0.15, -0.1) is 0 Å². The van der Waals surface area contributed by atoms with Crippen molar-refractivity contribution in [2.24, 2.45) is 0 Å². The quantitative estimate of drug-likeness (QED) is 0.182. The first-order valence-electron chi connectivity index (χ1n) is 18.4. The number of nitrogens with zero attached hydrogens (tertiary/aromatic N) is 3. The summed E-state index contributed by atoms with van der Waals surface area (Å²) >= 11 is 1.84. The fourth-order valence-corrected chi connectivity index (χ4v) is 8.65. The lowest BCUT2D eigenvalue weighted by Gasteiger charge is -2.17. The minimum atomic E-state index is 0.626. The van der Waals surface area contributed by atoms with Crippen LogP contribution in [-0.2, 0) is 0 Å². The van der Waals surface area contributed by atoms with E-state index in [9.17, 15) is 0 Å². The van der Waals surface area contributed by atoms with Crippen LogP contribution in [0.1, 0.15) is 11.1 Å². The van der Waals surface area contributed by atoms with Crippen LogP contribution in [0.3, 0.4) is 0 Å². The predicted octanol–water partition coefficient (Wildman–Crippen LogP) is 13.7. The maximum atomic E-state index is 5.19. The number of rotatable bonds is 4. The Kier molecular flexibility index (Phi) is 8.43. The van der Waals surface area contributed by atoms with Crippen molar-refractivity contribution >= 4 is 34.7 Å². The number of hydrogen-bond donors (Lipinski definition) is 0. The highest BCUT2D eigenvalue weighted by molar-refractivity contribution is 7.99. The third-order valence-electron chi connectivity index (χ3n) is 10.2. The third kappa shape index (κ3) is 6.33. The van der Waals surface area contributed by atoms with Crippen molar-refractivity contribution in [3.63, 3.8) is 0 Å². The molecule has 0 radical (unpaired) electrons. The van der Waals surface area contributed by atoms with Crippen molar-refractivity contribution in [1.82, 2.24) is 15.0 Å². The lowest BCUT2D eigenvalue weighted by molar-refractivity contribution is 1.07. The summed E-state index contributed by atoms with van der Waals surface area (Å²) in [5, 5.41) is 2.43. The van der Waals surface area contributed by atoms with E-state index in [0.29, 0.717) is 17.5 Å². The van der Waals surface area contributed by atoms with E-state index in [4.69, 9.17) is 15.0 Å². The van der Waals surface area contributed by atoms with E-state index < -0.39 is 0 Å². The van der Waals surface area contributed by atoms with Gasteiger partial charge in [-0.05, 0) is 73.5 Å². The molecule has 55 heavy (non-hydrogen) atoms. The topological polar surface area (TPSA) is 38.7 Å². The Morgan fingerprint density at radius 3 is 1.71 bits per heavy atom. The van der Waals surface area contributed by atoms with Gasteiger partial charge in [0.25, 0.3) is 0 Å². The van der Waals surface area contributed by atoms with Crippen molar-refractivity contribution in [3.8, 4) is 67.5 Å². The number of benzene rings is 8. The summed E-state index contributed by atoms with van der Waals surface area (Å²) in [4.78, 5) is 17.8. The summed E-state index contributed by atoms with van der Waals surface area (Å²) in [7, 11) is 0. The Balaban J connectivity index is 1.20. The molecule has 4 heteroatoms. The van der Waals surface area contributed by atoms with Crippen molar-refractivity contribution in [3.05, 3.63) is 199 Å². The normalized spacial score (nSPS) is 12.4. The molecule has 0 unspecified atom stereocenters. The van der Waals surface area contributed by atoms with Crippen LogP contribution in [0.15, 0.2) is 198 Å². The monoisotopic (exact) mass is 719 g/mol. The third-order valence-corrected chi connectivity index (χ3v) is 11.4. The fraction of sp³-hybridized carbons (Fsp3) is 0. The van der Waals surface area contributed by atoms with Crippen LogP contribution in [0.5, 0.6) is 0 Å². The van der Waals surface area contributed by atoms with Gasteiger partial charge < -0.3 is 0 Å². The summed E-state index contributed by atoms with van der Waals surface area (Å²) in [5.74, 6) is 1.89. The molecular formula is C51H33N3S. The lowest BCUT2D eigenvalue weighted by Crippen LogP contribution is -2.01. The molecule has 9 aromatic rings. The Labute approximate surface area is 324 Å². The second-order valence-corrected chi connectivity index (χ2v) is 14.7. The van der Waals surface area contributed by atoms with Crippen LogP contribution < -0.4 is 0 Å². The van der Waals surface area contributed by atoms with E-state index in [1.165, 1.54) is 42.8 Å². The summed E-state index contributed by atoms with van der Waals surface area (Å²) in [6, 6.07) is 66.3. The molecule has 1 aliphatic rings. The van der Waals surface area contributed by atoms with Gasteiger partial charge in [0, 0.05) is 26.5 Å². The molecule has 2 heterocycles. The van der Waals surface area contributed by atoms with Gasteiger partial charge in [-0.1, -0.05) is 194 Å². The summed E-state index contributed by atoms with van der Waals surface area (Å²) in [6.07, 6.45) is 4.49. The van der Waals surface area contributed by atoms with Crippen molar-refractivity contribution in [2.45, 2.75) is 9.79 Å². The highest BCUT2D eigenvalue weighted by atomic mass is 32.2. The Hall–Kier alpha value is -6.88. The zero-order chi connectivity index (χ0) is 36.6. The first kappa shape index (κ1) is 32.7. The molecule has 0 spiro atoms. The second-order valence-electron chi connectivity index (χ2n) is 13.6. The minimum Gasteiger partial charge on any atom is -0.208 e. The van der Waals surface area contributed by atoms with E-state index in [0.717, 1.165) is 38.9 Å². The molecule has 0 N–H and O–H groups in total. The Morgan fingerprint density at radius 2 is 0.909 bits per heavy atom. The van der Waals surface area contributed by atoms with Crippen LogP contribution in [0.4, 0.5) is 0 Å². The maximum Gasteiger partial charge on any atom is 0.164 e. The SMILES string of the molecule is C1=C\c2ccc(-c3nc(-c4ccccc4)nc(-c4cccc(-c5ccccc5)c4)n3)cc2-c2ccc3ccccc3c2Sc2ccccc2-c2ccccc2/1. The predicted molar refractivity (Wildman–Crippen MR) is 229 cm³/mol. The molecule has 1 aliphatic heterocycles. The number of hydrogen-bond acceptors (Lipinski definition) is 4. The Bertz CT molecular complexity index is 2900. The van der Waals surface area contributed by atoms with Crippen LogP contribution in [-0.4, -0.2) is 15.0 Å². The molecule has 0 aliphatic carbocycles. The average molecular weight is 720 g/mol. The van der Waals surface area contributed by atoms with Gasteiger partial charge in [0.05, 0.1) is 0 Å². The molecule has 258 valence electrons. The van der Waals surface area contributed by atoms with Gasteiger partial charge in [-0.25, -0.2) is 15.0 Å². The van der Waals surface area contributed by atoms with Crippen molar-refractivity contribution in [2.75, 3.05) is 0 Å². The minimum absolute atomic E-state index is 0.626. The molecule has 10 rings (SSSR count). The van der Waals surface area contributed by atoms with Crippen LogP contribution >= 0.6 is 11.8 Å². The molecule has 0 amide bonds. The highest BCUT2D eigenvalue weighted by Crippen LogP contribution is 2.47. The van der Waals surface area contributed by atoms with Gasteiger partial charge >= 0.3 is 0 Å². The average Bonchev–Trinajstić information content (AvgIpc) is 3.28. The first-order valence-corrected chi connectivity index (χ1v) is 19.3. The van der Waals surface area contributed by atoms with Crippen molar-refractivity contribution < 1.29 is 0 Å². The molecule has 0 saturated carbocycles. The molecule has 1 aromatic heterocycles. The van der Waals surface area contributed by atoms with Gasteiger partial charge in [0.1, 0.15) is 0 Å². The van der Waals surface area contributed by atoms with Gasteiger partial charge in [0.15, 0.2) is 17.5 Å². The van der Waals surface area contributed by atoms with E-state index in [1.54, 1.807) is 0 Å². The first-order chi connectivity index (χ1) is 27.2. The van der Waals surface area contributed by atoms with Crippen LogP contribution in [0.25, 0.3) is 90.5 Å². The molecule has 0 atom stereocenters. The van der Waals surface area contributed by atoms with E-state index in [-0.39, 0.29) is 0 Å². The molecule has 0 fully saturated rings. The maximum absolute atomic E-state index is 5.19. The van der Waals surface area contributed by atoms with Crippen LogP contribution in [0.2, 0.25) is 0 Å². The molecule has 8 aromatic carbocycles. The number of aromatic nitrogens is 3. The van der Waals surface area contributed by atoms with Gasteiger partial charge in [-0.3, -0.25) is 0 Å². The van der Waals surface area contributed by atoms with E-state index in [2.05, 4.69) is 176 Å².